The number of aromatic hydroxyl groups is 1. The minimum absolute atomic E-state index is 0.0666. The fourth-order valence-electron chi connectivity index (χ4n) is 5.08. The smallest absolute Gasteiger partial charge is 0.294 e. The summed E-state index contributed by atoms with van der Waals surface area (Å²) in [6.07, 6.45) is 3.95. The third kappa shape index (κ3) is 8.39. The Bertz CT molecular complexity index is 1790. The molecular formula is C35H37NO6S2. The highest BCUT2D eigenvalue weighted by atomic mass is 32.2. The summed E-state index contributed by atoms with van der Waals surface area (Å²) in [6, 6.07) is 27.6. The Labute approximate surface area is 263 Å². The number of piperidine rings is 1. The largest absolute Gasteiger partial charge is 0.508 e. The molecule has 0 amide bonds. The first-order chi connectivity index (χ1) is 21.2. The highest BCUT2D eigenvalue weighted by Crippen LogP contribution is 2.42. The van der Waals surface area contributed by atoms with E-state index in [0.717, 1.165) is 50.6 Å². The van der Waals surface area contributed by atoms with Crippen LogP contribution in [0.2, 0.25) is 0 Å². The van der Waals surface area contributed by atoms with Crippen LogP contribution < -0.4 is 9.47 Å². The Hall–Kier alpha value is -3.89. The summed E-state index contributed by atoms with van der Waals surface area (Å²) in [5.41, 5.74) is 2.01. The molecule has 0 unspecified atom stereocenters. The second kappa shape index (κ2) is 14.3. The van der Waals surface area contributed by atoms with E-state index in [-0.39, 0.29) is 10.6 Å². The van der Waals surface area contributed by atoms with E-state index in [0.29, 0.717) is 6.61 Å². The van der Waals surface area contributed by atoms with Gasteiger partial charge in [0.1, 0.15) is 29.6 Å². The fraction of sp³-hybridized carbons (Fsp3) is 0.257. The lowest BCUT2D eigenvalue weighted by Crippen LogP contribution is -2.33. The molecule has 0 atom stereocenters. The van der Waals surface area contributed by atoms with Gasteiger partial charge in [-0.2, -0.15) is 8.42 Å². The first kappa shape index (κ1) is 31.5. The Morgan fingerprint density at radius 3 is 2.18 bits per heavy atom. The molecule has 1 saturated heterocycles. The number of phenolic OH excluding ortho intramolecular Hbond substituents is 1. The van der Waals surface area contributed by atoms with Crippen molar-refractivity contribution in [2.24, 2.45) is 0 Å². The minimum atomic E-state index is -4.02. The average Bonchev–Trinajstić information content (AvgIpc) is 3.44. The van der Waals surface area contributed by atoms with Gasteiger partial charge in [-0.05, 0) is 118 Å². The summed E-state index contributed by atoms with van der Waals surface area (Å²) in [6.45, 7) is 8.00. The minimum Gasteiger partial charge on any atom is -0.508 e. The molecule has 2 N–H and O–H groups in total. The van der Waals surface area contributed by atoms with Gasteiger partial charge in [0.2, 0.25) is 0 Å². The molecule has 4 aromatic carbocycles. The summed E-state index contributed by atoms with van der Waals surface area (Å²) in [4.78, 5) is 4.83. The van der Waals surface area contributed by atoms with Crippen molar-refractivity contribution in [2.45, 2.75) is 38.0 Å². The van der Waals surface area contributed by atoms with E-state index in [9.17, 15) is 13.5 Å². The highest BCUT2D eigenvalue weighted by molar-refractivity contribution is 7.85. The van der Waals surface area contributed by atoms with Crippen LogP contribution in [-0.2, 0) is 10.1 Å². The van der Waals surface area contributed by atoms with Crippen LogP contribution in [0.4, 0.5) is 0 Å². The van der Waals surface area contributed by atoms with Gasteiger partial charge in [0.15, 0.2) is 0 Å². The predicted molar refractivity (Wildman–Crippen MR) is 177 cm³/mol. The lowest BCUT2D eigenvalue weighted by molar-refractivity contribution is 0.183. The Kier molecular flexibility index (Phi) is 10.2. The normalized spacial score (nSPS) is 13.7. The van der Waals surface area contributed by atoms with Crippen molar-refractivity contribution in [1.82, 2.24) is 4.90 Å². The molecule has 5 aromatic rings. The standard InChI is InChI=1S/C28H29NO3S.C7H8O3S/c1-20-5-14-27(33-20)26-12-6-21-19-22(30)7-13-25(21)28(26)32-24-10-8-23(9-11-24)31-18-17-29-15-3-2-4-16-29;1-6-2-4-7(5-3-6)11(8,9)10/h5-14,19,30H,2-4,15-18H2,1H3;2-5H,1H3,(H,8,9,10). The van der Waals surface area contributed by atoms with Gasteiger partial charge >= 0.3 is 0 Å². The molecule has 230 valence electrons. The van der Waals surface area contributed by atoms with Gasteiger partial charge in [0.25, 0.3) is 10.1 Å². The van der Waals surface area contributed by atoms with Gasteiger partial charge in [-0.15, -0.1) is 11.3 Å². The van der Waals surface area contributed by atoms with E-state index in [2.05, 4.69) is 30.0 Å². The first-order valence-corrected chi connectivity index (χ1v) is 16.9. The summed E-state index contributed by atoms with van der Waals surface area (Å²) in [5.74, 6) is 2.66. The summed E-state index contributed by atoms with van der Waals surface area (Å²) < 4.78 is 42.0. The van der Waals surface area contributed by atoms with E-state index in [4.69, 9.17) is 14.0 Å². The van der Waals surface area contributed by atoms with E-state index in [1.165, 1.54) is 49.4 Å². The van der Waals surface area contributed by atoms with Gasteiger partial charge in [-0.3, -0.25) is 9.45 Å². The first-order valence-electron chi connectivity index (χ1n) is 14.7. The molecule has 9 heteroatoms. The molecule has 2 heterocycles. The fourth-order valence-corrected chi connectivity index (χ4v) is 6.45. The lowest BCUT2D eigenvalue weighted by Gasteiger charge is -2.26. The van der Waals surface area contributed by atoms with Crippen LogP contribution in [0, 0.1) is 13.8 Å². The van der Waals surface area contributed by atoms with Crippen molar-refractivity contribution in [3.63, 3.8) is 0 Å². The third-order valence-corrected chi connectivity index (χ3v) is 9.35. The Balaban J connectivity index is 0.000000296. The number of fused-ring (bicyclic) bond motifs is 1. The number of rotatable bonds is 8. The maximum absolute atomic E-state index is 10.5. The van der Waals surface area contributed by atoms with E-state index in [1.807, 2.05) is 43.3 Å². The number of hydrogen-bond donors (Lipinski definition) is 2. The van der Waals surface area contributed by atoms with Crippen molar-refractivity contribution < 1.29 is 27.6 Å². The molecule has 1 aromatic heterocycles. The molecule has 0 aliphatic carbocycles. The van der Waals surface area contributed by atoms with Crippen molar-refractivity contribution in [3.8, 4) is 33.4 Å². The maximum Gasteiger partial charge on any atom is 0.294 e. The van der Waals surface area contributed by atoms with Gasteiger partial charge in [0.05, 0.1) is 4.90 Å². The second-order valence-corrected chi connectivity index (χ2v) is 13.6. The van der Waals surface area contributed by atoms with Crippen molar-refractivity contribution >= 4 is 32.2 Å². The van der Waals surface area contributed by atoms with Crippen molar-refractivity contribution in [2.75, 3.05) is 26.2 Å². The Morgan fingerprint density at radius 2 is 1.52 bits per heavy atom. The topological polar surface area (TPSA) is 96.3 Å². The van der Waals surface area contributed by atoms with E-state index in [1.54, 1.807) is 35.6 Å². The van der Waals surface area contributed by atoms with E-state index < -0.39 is 10.1 Å². The molecule has 0 saturated carbocycles. The number of likely N-dealkylation sites (tertiary alicyclic amines) is 1. The number of aryl methyl sites for hydroxylation is 2. The van der Waals surface area contributed by atoms with Crippen LogP contribution in [0.5, 0.6) is 23.0 Å². The van der Waals surface area contributed by atoms with Gasteiger partial charge in [-0.25, -0.2) is 0 Å². The molecule has 1 aliphatic heterocycles. The summed E-state index contributed by atoms with van der Waals surface area (Å²) in [7, 11) is -4.02. The lowest BCUT2D eigenvalue weighted by atomic mass is 10.0. The zero-order chi connectivity index (χ0) is 31.1. The number of ether oxygens (including phenoxy) is 2. The van der Waals surface area contributed by atoms with Gasteiger partial charge in [0, 0.05) is 27.2 Å². The summed E-state index contributed by atoms with van der Waals surface area (Å²) >= 11 is 1.75. The van der Waals surface area contributed by atoms with Crippen LogP contribution in [0.3, 0.4) is 0 Å². The van der Waals surface area contributed by atoms with Gasteiger partial charge in [-0.1, -0.05) is 30.2 Å². The van der Waals surface area contributed by atoms with Gasteiger partial charge < -0.3 is 14.6 Å². The molecule has 0 bridgehead atoms. The molecule has 1 aliphatic rings. The van der Waals surface area contributed by atoms with Crippen LogP contribution >= 0.6 is 11.3 Å². The molecule has 0 spiro atoms. The SMILES string of the molecule is Cc1ccc(-c2ccc3cc(O)ccc3c2Oc2ccc(OCCN3CCCCC3)cc2)s1.Cc1ccc(S(=O)(=O)O)cc1. The molecular weight excluding hydrogens is 595 g/mol. The van der Waals surface area contributed by atoms with Crippen LogP contribution in [0.25, 0.3) is 21.2 Å². The zero-order valence-electron chi connectivity index (χ0n) is 24.9. The second-order valence-electron chi connectivity index (χ2n) is 10.9. The van der Waals surface area contributed by atoms with Crippen molar-refractivity contribution in [3.05, 3.63) is 101 Å². The van der Waals surface area contributed by atoms with Crippen LogP contribution in [0.15, 0.2) is 95.9 Å². The monoisotopic (exact) mass is 631 g/mol. The molecule has 6 rings (SSSR count). The van der Waals surface area contributed by atoms with E-state index >= 15 is 0 Å². The van der Waals surface area contributed by atoms with Crippen LogP contribution in [-0.4, -0.2) is 49.2 Å². The maximum atomic E-state index is 10.5. The predicted octanol–water partition coefficient (Wildman–Crippen LogP) is 8.48. The number of nitrogens with zero attached hydrogens (tertiary/aromatic N) is 1. The number of hydrogen-bond acceptors (Lipinski definition) is 7. The molecule has 1 fully saturated rings. The Morgan fingerprint density at radius 1 is 0.818 bits per heavy atom. The quantitative estimate of drug-likeness (QED) is 0.166. The molecule has 44 heavy (non-hydrogen) atoms. The highest BCUT2D eigenvalue weighted by Gasteiger charge is 2.15. The zero-order valence-corrected chi connectivity index (χ0v) is 26.5. The summed E-state index contributed by atoms with van der Waals surface area (Å²) in [5, 5.41) is 11.8. The number of phenols is 1. The number of benzene rings is 4. The molecule has 7 nitrogen and oxygen atoms in total. The molecule has 0 radical (unpaired) electrons. The third-order valence-electron chi connectivity index (χ3n) is 7.45. The number of thiophene rings is 1. The average molecular weight is 632 g/mol. The van der Waals surface area contributed by atoms with Crippen molar-refractivity contribution in [1.29, 1.82) is 0 Å². The van der Waals surface area contributed by atoms with Crippen LogP contribution in [0.1, 0.15) is 29.7 Å².